The quantitative estimate of drug-likeness (QED) is 0.877. The number of amides is 2. The number of nitrogens with two attached hydrogens (primary N) is 1. The summed E-state index contributed by atoms with van der Waals surface area (Å²) < 4.78 is 36.1. The fourth-order valence-corrected chi connectivity index (χ4v) is 3.64. The largest absolute Gasteiger partial charge is 0.324 e. The Hall–Kier alpha value is -1.67. The third kappa shape index (κ3) is 4.42. The van der Waals surface area contributed by atoms with Crippen LogP contribution < -0.4 is 10.5 Å². The van der Waals surface area contributed by atoms with Gasteiger partial charge in [-0.05, 0) is 37.0 Å². The van der Waals surface area contributed by atoms with E-state index in [1.54, 1.807) is 17.0 Å². The second kappa shape index (κ2) is 7.27. The molecule has 128 valence electrons. The van der Waals surface area contributed by atoms with Crippen molar-refractivity contribution in [1.82, 2.24) is 4.90 Å². The fraction of sp³-hybridized carbons (Fsp3) is 0.533. The number of anilines is 1. The van der Waals surface area contributed by atoms with Crippen LogP contribution in [0.2, 0.25) is 0 Å². The number of nitrogens with zero attached hydrogens (tertiary/aromatic N) is 1. The van der Waals surface area contributed by atoms with Crippen molar-refractivity contribution in [3.05, 3.63) is 23.8 Å². The van der Waals surface area contributed by atoms with Gasteiger partial charge in [0.05, 0.1) is 11.6 Å². The Labute approximate surface area is 135 Å². The highest BCUT2D eigenvalue weighted by molar-refractivity contribution is 7.89. The topological polar surface area (TPSA) is 92.5 Å². The molecule has 1 aromatic carbocycles. The maximum atomic E-state index is 12.8. The zero-order valence-electron chi connectivity index (χ0n) is 13.1. The van der Waals surface area contributed by atoms with Crippen LogP contribution in [0.1, 0.15) is 25.3 Å². The summed E-state index contributed by atoms with van der Waals surface area (Å²) in [6, 6.07) is 4.29. The number of nitrogens with one attached hydrogen (secondary N) is 1. The van der Waals surface area contributed by atoms with Gasteiger partial charge in [-0.25, -0.2) is 18.4 Å². The molecular weight excluding hydrogens is 321 g/mol. The average molecular weight is 343 g/mol. The number of aryl methyl sites for hydroxylation is 1. The van der Waals surface area contributed by atoms with Crippen molar-refractivity contribution in [3.8, 4) is 0 Å². The summed E-state index contributed by atoms with van der Waals surface area (Å²) >= 11 is 0. The summed E-state index contributed by atoms with van der Waals surface area (Å²) in [5.41, 5.74) is 0.958. The molecule has 23 heavy (non-hydrogen) atoms. The first-order chi connectivity index (χ1) is 10.8. The van der Waals surface area contributed by atoms with E-state index in [9.17, 15) is 17.6 Å². The number of rotatable bonds is 4. The lowest BCUT2D eigenvalue weighted by Crippen LogP contribution is -2.42. The van der Waals surface area contributed by atoms with E-state index in [1.807, 2.05) is 6.92 Å². The molecule has 1 atom stereocenters. The summed E-state index contributed by atoms with van der Waals surface area (Å²) in [6.07, 6.45) is 2.06. The van der Waals surface area contributed by atoms with Crippen molar-refractivity contribution < 1.29 is 17.6 Å². The Morgan fingerprint density at radius 3 is 2.83 bits per heavy atom. The number of carbonyl (C=O) groups excluding carboxylic acids is 1. The van der Waals surface area contributed by atoms with Gasteiger partial charge in [-0.15, -0.1) is 0 Å². The summed E-state index contributed by atoms with van der Waals surface area (Å²) in [5.74, 6) is -0.128. The van der Waals surface area contributed by atoms with Crippen LogP contribution in [-0.2, 0) is 16.4 Å². The highest BCUT2D eigenvalue weighted by Crippen LogP contribution is 2.22. The van der Waals surface area contributed by atoms with Crippen LogP contribution in [0.5, 0.6) is 0 Å². The Kier molecular flexibility index (Phi) is 5.59. The molecule has 1 aromatic rings. The Balaban J connectivity index is 2.15. The van der Waals surface area contributed by atoms with Crippen LogP contribution in [0.15, 0.2) is 23.1 Å². The van der Waals surface area contributed by atoms with E-state index in [-0.39, 0.29) is 16.8 Å². The van der Waals surface area contributed by atoms with E-state index < -0.39 is 16.7 Å². The molecule has 8 heteroatoms. The number of sulfonamides is 1. The lowest BCUT2D eigenvalue weighted by Gasteiger charge is -2.31. The standard InChI is InChI=1S/C15H22FN3O3S/c1-2-12-5-6-13(8-14(12)23(17,21)22)18-15(20)19-7-3-4-11(9-16)10-19/h5-6,8,11H,2-4,7,9-10H2,1H3,(H,18,20)(H2,17,21,22). The van der Waals surface area contributed by atoms with Crippen LogP contribution >= 0.6 is 0 Å². The van der Waals surface area contributed by atoms with Gasteiger partial charge in [-0.2, -0.15) is 0 Å². The summed E-state index contributed by atoms with van der Waals surface area (Å²) in [4.78, 5) is 13.8. The monoisotopic (exact) mass is 343 g/mol. The van der Waals surface area contributed by atoms with Crippen molar-refractivity contribution in [2.75, 3.05) is 25.1 Å². The minimum atomic E-state index is -3.86. The maximum absolute atomic E-state index is 12.8. The summed E-state index contributed by atoms with van der Waals surface area (Å²) in [5, 5.41) is 7.88. The van der Waals surface area contributed by atoms with Crippen LogP contribution in [0.25, 0.3) is 0 Å². The predicted molar refractivity (Wildman–Crippen MR) is 86.5 cm³/mol. The molecule has 0 radical (unpaired) electrons. The van der Waals surface area contributed by atoms with E-state index in [2.05, 4.69) is 5.32 Å². The van der Waals surface area contributed by atoms with Gasteiger partial charge >= 0.3 is 6.03 Å². The second-order valence-corrected chi connectivity index (χ2v) is 7.29. The molecule has 0 saturated carbocycles. The van der Waals surface area contributed by atoms with E-state index in [0.29, 0.717) is 30.8 Å². The van der Waals surface area contributed by atoms with Gasteiger partial charge in [0.25, 0.3) is 0 Å². The van der Waals surface area contributed by atoms with Crippen LogP contribution in [0.4, 0.5) is 14.9 Å². The maximum Gasteiger partial charge on any atom is 0.321 e. The molecule has 1 aliphatic heterocycles. The summed E-state index contributed by atoms with van der Waals surface area (Å²) in [6.45, 7) is 2.33. The zero-order valence-corrected chi connectivity index (χ0v) is 13.9. The third-order valence-corrected chi connectivity index (χ3v) is 5.02. The van der Waals surface area contributed by atoms with Crippen LogP contribution in [-0.4, -0.2) is 39.1 Å². The lowest BCUT2D eigenvalue weighted by molar-refractivity contribution is 0.165. The number of piperidine rings is 1. The molecule has 1 fully saturated rings. The zero-order chi connectivity index (χ0) is 17.0. The minimum Gasteiger partial charge on any atom is -0.324 e. The van der Waals surface area contributed by atoms with Gasteiger partial charge in [-0.1, -0.05) is 13.0 Å². The number of alkyl halides is 1. The van der Waals surface area contributed by atoms with Crippen LogP contribution in [0, 0.1) is 5.92 Å². The Morgan fingerprint density at radius 2 is 2.22 bits per heavy atom. The van der Waals surface area contributed by atoms with Gasteiger partial charge in [0.1, 0.15) is 0 Å². The molecule has 3 N–H and O–H groups in total. The van der Waals surface area contributed by atoms with Gasteiger partial charge in [-0.3, -0.25) is 4.39 Å². The molecule has 1 aliphatic rings. The Morgan fingerprint density at radius 1 is 1.48 bits per heavy atom. The fourth-order valence-electron chi connectivity index (χ4n) is 2.77. The molecule has 6 nitrogen and oxygen atoms in total. The van der Waals surface area contributed by atoms with Crippen molar-refractivity contribution in [1.29, 1.82) is 0 Å². The third-order valence-electron chi connectivity index (χ3n) is 4.03. The molecule has 0 aliphatic carbocycles. The second-order valence-electron chi connectivity index (χ2n) is 5.76. The number of likely N-dealkylation sites (tertiary alicyclic amines) is 1. The Bertz CT molecular complexity index is 679. The number of hydrogen-bond donors (Lipinski definition) is 2. The number of carbonyl (C=O) groups is 1. The first-order valence-corrected chi connectivity index (χ1v) is 9.17. The minimum absolute atomic E-state index is 0.0121. The number of primary sulfonamides is 1. The van der Waals surface area contributed by atoms with Crippen molar-refractivity contribution in [2.24, 2.45) is 11.1 Å². The van der Waals surface area contributed by atoms with E-state index >= 15 is 0 Å². The van der Waals surface area contributed by atoms with Crippen molar-refractivity contribution in [3.63, 3.8) is 0 Å². The number of halogens is 1. The molecule has 2 rings (SSSR count). The SMILES string of the molecule is CCc1ccc(NC(=O)N2CCCC(CF)C2)cc1S(N)(=O)=O. The van der Waals surface area contributed by atoms with Crippen LogP contribution in [0.3, 0.4) is 0 Å². The van der Waals surface area contributed by atoms with Gasteiger partial charge in [0.15, 0.2) is 0 Å². The number of benzene rings is 1. The van der Waals surface area contributed by atoms with Gasteiger partial charge in [0, 0.05) is 24.7 Å². The molecule has 0 bridgehead atoms. The van der Waals surface area contributed by atoms with E-state index in [0.717, 1.165) is 12.8 Å². The molecule has 0 aromatic heterocycles. The van der Waals surface area contributed by atoms with Crippen molar-refractivity contribution in [2.45, 2.75) is 31.1 Å². The molecular formula is C15H22FN3O3S. The predicted octanol–water partition coefficient (Wildman–Crippen LogP) is 2.11. The molecule has 1 saturated heterocycles. The highest BCUT2D eigenvalue weighted by atomic mass is 32.2. The van der Waals surface area contributed by atoms with Crippen molar-refractivity contribution >= 4 is 21.7 Å². The highest BCUT2D eigenvalue weighted by Gasteiger charge is 2.24. The van der Waals surface area contributed by atoms with Gasteiger partial charge in [0.2, 0.25) is 10.0 Å². The first kappa shape index (κ1) is 17.7. The summed E-state index contributed by atoms with van der Waals surface area (Å²) in [7, 11) is -3.86. The van der Waals surface area contributed by atoms with E-state index in [1.165, 1.54) is 6.07 Å². The normalized spacial score (nSPS) is 18.7. The molecule has 1 unspecified atom stereocenters. The smallest absolute Gasteiger partial charge is 0.321 e. The molecule has 2 amide bonds. The average Bonchev–Trinajstić information content (AvgIpc) is 2.54. The lowest BCUT2D eigenvalue weighted by atomic mass is 10.00. The number of hydrogen-bond acceptors (Lipinski definition) is 3. The van der Waals surface area contributed by atoms with E-state index in [4.69, 9.17) is 5.14 Å². The molecule has 1 heterocycles. The van der Waals surface area contributed by atoms with Gasteiger partial charge < -0.3 is 10.2 Å². The molecule has 0 spiro atoms. The first-order valence-electron chi connectivity index (χ1n) is 7.62. The number of urea groups is 1.